The van der Waals surface area contributed by atoms with Gasteiger partial charge in [-0.2, -0.15) is 0 Å². The second-order valence-corrected chi connectivity index (χ2v) is 8.82. The lowest BCUT2D eigenvalue weighted by atomic mass is 9.70. The fraction of sp³-hybridized carbons (Fsp3) is 0.346. The molecule has 1 atom stereocenters. The van der Waals surface area contributed by atoms with Crippen molar-refractivity contribution in [2.24, 2.45) is 5.41 Å². The van der Waals surface area contributed by atoms with Gasteiger partial charge in [0.25, 0.3) is 0 Å². The monoisotopic (exact) mass is 371 g/mol. The zero-order chi connectivity index (χ0) is 19.9. The van der Waals surface area contributed by atoms with Gasteiger partial charge in [-0.3, -0.25) is 4.79 Å². The quantitative estimate of drug-likeness (QED) is 0.629. The number of nitrogens with zero attached hydrogens (tertiary/aromatic N) is 1. The summed E-state index contributed by atoms with van der Waals surface area (Å²) < 4.78 is 0. The van der Waals surface area contributed by atoms with E-state index in [0.717, 1.165) is 18.5 Å². The molecule has 2 aromatic carbocycles. The largest absolute Gasteiger partial charge is 0.349 e. The molecule has 0 spiro atoms. The Labute approximate surface area is 168 Å². The normalized spacial score (nSPS) is 21.4. The van der Waals surface area contributed by atoms with Crippen molar-refractivity contribution < 1.29 is 4.79 Å². The Kier molecular flexibility index (Phi) is 4.74. The van der Waals surface area contributed by atoms with E-state index in [-0.39, 0.29) is 11.3 Å². The molecule has 1 unspecified atom stereocenters. The number of ketones is 1. The number of carbonyl (C=O) groups excluding carboxylic acids is 1. The van der Waals surface area contributed by atoms with Crippen molar-refractivity contribution in [2.45, 2.75) is 46.5 Å². The molecule has 1 aliphatic carbocycles. The zero-order valence-electron chi connectivity index (χ0n) is 17.3. The Hall–Kier alpha value is -2.61. The first-order chi connectivity index (χ1) is 13.4. The molecule has 0 saturated heterocycles. The minimum absolute atomic E-state index is 0.0304. The van der Waals surface area contributed by atoms with Crippen LogP contribution < -0.4 is 0 Å². The van der Waals surface area contributed by atoms with E-state index in [2.05, 4.69) is 87.2 Å². The van der Waals surface area contributed by atoms with Gasteiger partial charge in [0.15, 0.2) is 5.78 Å². The van der Waals surface area contributed by atoms with Crippen molar-refractivity contribution in [3.63, 3.8) is 0 Å². The van der Waals surface area contributed by atoms with Gasteiger partial charge in [0.1, 0.15) is 0 Å². The Balaban J connectivity index is 1.75. The van der Waals surface area contributed by atoms with Crippen molar-refractivity contribution in [3.05, 3.63) is 83.2 Å². The predicted molar refractivity (Wildman–Crippen MR) is 116 cm³/mol. The molecule has 144 valence electrons. The molecule has 2 aliphatic rings. The molecule has 0 saturated carbocycles. The van der Waals surface area contributed by atoms with Gasteiger partial charge >= 0.3 is 0 Å². The number of Topliss-reactive ketones (excluding diaryl/α,β-unsaturated/α-hetero) is 1. The van der Waals surface area contributed by atoms with Gasteiger partial charge in [-0.25, -0.2) is 0 Å². The summed E-state index contributed by atoms with van der Waals surface area (Å²) in [6, 6.07) is 19.2. The van der Waals surface area contributed by atoms with Crippen LogP contribution in [0.1, 0.15) is 52.0 Å². The molecule has 0 N–H and O–H groups in total. The van der Waals surface area contributed by atoms with Gasteiger partial charge in [0, 0.05) is 35.9 Å². The SMILES string of the molecule is CCN1C(C)=CC(c2ccc(-c3ccccc3)cc2)C2=C1CC(C)(C)CC2=O. The van der Waals surface area contributed by atoms with Crippen LogP contribution in [-0.4, -0.2) is 17.2 Å². The predicted octanol–water partition coefficient (Wildman–Crippen LogP) is 6.32. The number of benzene rings is 2. The van der Waals surface area contributed by atoms with Crippen LogP contribution in [0.3, 0.4) is 0 Å². The smallest absolute Gasteiger partial charge is 0.162 e. The van der Waals surface area contributed by atoms with Crippen LogP contribution >= 0.6 is 0 Å². The second-order valence-electron chi connectivity index (χ2n) is 8.82. The minimum atomic E-state index is 0.0304. The highest BCUT2D eigenvalue weighted by atomic mass is 16.1. The Morgan fingerprint density at radius 3 is 2.25 bits per heavy atom. The van der Waals surface area contributed by atoms with Crippen LogP contribution in [0, 0.1) is 5.41 Å². The van der Waals surface area contributed by atoms with Gasteiger partial charge in [-0.15, -0.1) is 0 Å². The lowest BCUT2D eigenvalue weighted by Gasteiger charge is -2.43. The van der Waals surface area contributed by atoms with E-state index >= 15 is 0 Å². The van der Waals surface area contributed by atoms with Crippen LogP contribution in [0.5, 0.6) is 0 Å². The third-order valence-electron chi connectivity index (χ3n) is 6.06. The van der Waals surface area contributed by atoms with Crippen LogP contribution in [0.4, 0.5) is 0 Å². The average Bonchev–Trinajstić information content (AvgIpc) is 2.67. The topological polar surface area (TPSA) is 20.3 Å². The van der Waals surface area contributed by atoms with E-state index in [1.165, 1.54) is 28.1 Å². The van der Waals surface area contributed by atoms with Crippen molar-refractivity contribution >= 4 is 5.78 Å². The van der Waals surface area contributed by atoms with Gasteiger partial charge in [-0.1, -0.05) is 74.5 Å². The first-order valence-corrected chi connectivity index (χ1v) is 10.3. The molecule has 0 aromatic heterocycles. The molecule has 2 aromatic rings. The van der Waals surface area contributed by atoms with Crippen LogP contribution in [-0.2, 0) is 4.79 Å². The highest BCUT2D eigenvalue weighted by Gasteiger charge is 2.40. The molecule has 28 heavy (non-hydrogen) atoms. The maximum atomic E-state index is 13.2. The molecule has 0 bridgehead atoms. The lowest BCUT2D eigenvalue weighted by Crippen LogP contribution is -2.37. The van der Waals surface area contributed by atoms with Crippen molar-refractivity contribution in [1.29, 1.82) is 0 Å². The fourth-order valence-corrected chi connectivity index (χ4v) is 4.74. The van der Waals surface area contributed by atoms with Crippen LogP contribution in [0.2, 0.25) is 0 Å². The molecule has 2 nitrogen and oxygen atoms in total. The zero-order valence-corrected chi connectivity index (χ0v) is 17.3. The Morgan fingerprint density at radius 2 is 1.61 bits per heavy atom. The number of rotatable bonds is 3. The number of carbonyl (C=O) groups is 1. The average molecular weight is 372 g/mol. The Bertz CT molecular complexity index is 948. The second kappa shape index (κ2) is 7.09. The summed E-state index contributed by atoms with van der Waals surface area (Å²) in [4.78, 5) is 15.5. The van der Waals surface area contributed by atoms with E-state index < -0.39 is 0 Å². The van der Waals surface area contributed by atoms with Gasteiger partial charge in [-0.05, 0) is 42.4 Å². The minimum Gasteiger partial charge on any atom is -0.349 e. The summed E-state index contributed by atoms with van der Waals surface area (Å²) in [6.07, 6.45) is 3.87. The molecular formula is C26H29NO. The van der Waals surface area contributed by atoms with Gasteiger partial charge in [0.05, 0.1) is 0 Å². The van der Waals surface area contributed by atoms with Crippen LogP contribution in [0.25, 0.3) is 11.1 Å². The molecule has 0 amide bonds. The third kappa shape index (κ3) is 3.32. The Morgan fingerprint density at radius 1 is 0.964 bits per heavy atom. The van der Waals surface area contributed by atoms with Gasteiger partial charge in [0.2, 0.25) is 0 Å². The van der Waals surface area contributed by atoms with E-state index in [0.29, 0.717) is 12.2 Å². The van der Waals surface area contributed by atoms with E-state index in [9.17, 15) is 4.79 Å². The maximum Gasteiger partial charge on any atom is 0.162 e. The summed E-state index contributed by atoms with van der Waals surface area (Å²) in [5.74, 6) is 0.372. The van der Waals surface area contributed by atoms with E-state index in [1.807, 2.05) is 6.07 Å². The van der Waals surface area contributed by atoms with Crippen molar-refractivity contribution in [3.8, 4) is 11.1 Å². The molecule has 1 aliphatic heterocycles. The number of allylic oxidation sites excluding steroid dienone is 4. The molecular weight excluding hydrogens is 342 g/mol. The summed E-state index contributed by atoms with van der Waals surface area (Å²) in [5, 5.41) is 0. The molecule has 1 heterocycles. The number of hydrogen-bond donors (Lipinski definition) is 0. The molecule has 4 rings (SSSR count). The first kappa shape index (κ1) is 18.7. The van der Waals surface area contributed by atoms with Crippen LogP contribution in [0.15, 0.2) is 77.6 Å². The highest BCUT2D eigenvalue weighted by Crippen LogP contribution is 2.47. The fourth-order valence-electron chi connectivity index (χ4n) is 4.74. The van der Waals surface area contributed by atoms with Crippen molar-refractivity contribution in [2.75, 3.05) is 6.54 Å². The standard InChI is InChI=1S/C26H29NO/c1-5-27-18(2)15-22(25-23(27)16-26(3,4)17-24(25)28)21-13-11-20(12-14-21)19-9-7-6-8-10-19/h6-15,22H,5,16-17H2,1-4H3. The van der Waals surface area contributed by atoms with Gasteiger partial charge < -0.3 is 4.90 Å². The number of hydrogen-bond acceptors (Lipinski definition) is 2. The molecule has 2 heteroatoms. The first-order valence-electron chi connectivity index (χ1n) is 10.3. The maximum absolute atomic E-state index is 13.2. The molecule has 0 radical (unpaired) electrons. The lowest BCUT2D eigenvalue weighted by molar-refractivity contribution is -0.118. The summed E-state index contributed by atoms with van der Waals surface area (Å²) >= 11 is 0. The summed E-state index contributed by atoms with van der Waals surface area (Å²) in [7, 11) is 0. The molecule has 0 fully saturated rings. The van der Waals surface area contributed by atoms with E-state index in [1.54, 1.807) is 0 Å². The van der Waals surface area contributed by atoms with E-state index in [4.69, 9.17) is 0 Å². The third-order valence-corrected chi connectivity index (χ3v) is 6.06. The summed E-state index contributed by atoms with van der Waals surface area (Å²) in [5.41, 5.74) is 7.17. The van der Waals surface area contributed by atoms with Crippen molar-refractivity contribution in [1.82, 2.24) is 4.90 Å². The summed E-state index contributed by atoms with van der Waals surface area (Å²) in [6.45, 7) is 9.66. The highest BCUT2D eigenvalue weighted by molar-refractivity contribution is 5.99.